The van der Waals surface area contributed by atoms with Crippen molar-refractivity contribution in [2.45, 2.75) is 52.9 Å². The van der Waals surface area contributed by atoms with Gasteiger partial charge in [-0.2, -0.15) is 0 Å². The average molecular weight is 205 g/mol. The molecule has 84 valence electrons. The van der Waals surface area contributed by atoms with E-state index in [1.807, 2.05) is 0 Å². The Labute approximate surface area is 93.7 Å². The molecule has 0 heterocycles. The van der Waals surface area contributed by atoms with Gasteiger partial charge in [0.25, 0.3) is 0 Å². The summed E-state index contributed by atoms with van der Waals surface area (Å²) >= 11 is 0. The maximum atomic E-state index is 6.16. The zero-order chi connectivity index (χ0) is 11.6. The van der Waals surface area contributed by atoms with Crippen molar-refractivity contribution in [3.8, 4) is 0 Å². The van der Waals surface area contributed by atoms with E-state index >= 15 is 0 Å². The first-order valence-electron chi connectivity index (χ1n) is 5.89. The van der Waals surface area contributed by atoms with Gasteiger partial charge >= 0.3 is 0 Å². The Balaban J connectivity index is 3.32. The fourth-order valence-electron chi connectivity index (χ4n) is 1.87. The molecule has 0 saturated carbocycles. The van der Waals surface area contributed by atoms with Crippen LogP contribution in [0.5, 0.6) is 0 Å². The van der Waals surface area contributed by atoms with Gasteiger partial charge in [-0.05, 0) is 34.9 Å². The Morgan fingerprint density at radius 1 is 1.07 bits per heavy atom. The van der Waals surface area contributed by atoms with Gasteiger partial charge in [0.05, 0.1) is 0 Å². The van der Waals surface area contributed by atoms with E-state index in [1.165, 1.54) is 16.7 Å². The van der Waals surface area contributed by atoms with Gasteiger partial charge in [-0.3, -0.25) is 0 Å². The van der Waals surface area contributed by atoms with Gasteiger partial charge in [0.15, 0.2) is 0 Å². The first-order valence-corrected chi connectivity index (χ1v) is 5.89. The molecule has 2 N–H and O–H groups in total. The Kier molecular flexibility index (Phi) is 3.78. The van der Waals surface area contributed by atoms with Crippen LogP contribution in [0.2, 0.25) is 0 Å². The highest BCUT2D eigenvalue weighted by Crippen LogP contribution is 2.30. The molecule has 1 heteroatoms. The van der Waals surface area contributed by atoms with Gasteiger partial charge in [0, 0.05) is 5.69 Å². The topological polar surface area (TPSA) is 26.0 Å². The molecule has 0 aromatic heterocycles. The Bertz CT molecular complexity index is 337. The number of rotatable bonds is 3. The second-order valence-corrected chi connectivity index (χ2v) is 4.85. The van der Waals surface area contributed by atoms with Crippen LogP contribution in [0.25, 0.3) is 0 Å². The lowest BCUT2D eigenvalue weighted by atomic mass is 9.90. The molecule has 0 amide bonds. The highest BCUT2D eigenvalue weighted by molar-refractivity contribution is 5.57. The van der Waals surface area contributed by atoms with Crippen molar-refractivity contribution in [3.05, 3.63) is 28.8 Å². The molecule has 15 heavy (non-hydrogen) atoms. The van der Waals surface area contributed by atoms with Gasteiger partial charge < -0.3 is 5.73 Å². The maximum Gasteiger partial charge on any atom is 0.0381 e. The molecular weight excluding hydrogens is 182 g/mol. The number of hydrogen-bond acceptors (Lipinski definition) is 1. The van der Waals surface area contributed by atoms with Crippen LogP contribution >= 0.6 is 0 Å². The van der Waals surface area contributed by atoms with Crippen molar-refractivity contribution in [1.29, 1.82) is 0 Å². The average Bonchev–Trinajstić information content (AvgIpc) is 2.17. The third-order valence-corrected chi connectivity index (χ3v) is 2.99. The predicted molar refractivity (Wildman–Crippen MR) is 68.4 cm³/mol. The number of nitrogen functional groups attached to an aromatic ring is 1. The Morgan fingerprint density at radius 3 is 2.07 bits per heavy atom. The fraction of sp³-hybridized carbons (Fsp3) is 0.571. The normalized spacial score (nSPS) is 11.4. The van der Waals surface area contributed by atoms with Crippen LogP contribution in [0.15, 0.2) is 12.1 Å². The molecule has 0 aliphatic carbocycles. The van der Waals surface area contributed by atoms with Crippen molar-refractivity contribution < 1.29 is 0 Å². The molecule has 0 aliphatic heterocycles. The second-order valence-electron chi connectivity index (χ2n) is 4.85. The lowest BCUT2D eigenvalue weighted by Crippen LogP contribution is -2.03. The van der Waals surface area contributed by atoms with Crippen LogP contribution in [0.4, 0.5) is 5.69 Å². The highest BCUT2D eigenvalue weighted by atomic mass is 14.6. The summed E-state index contributed by atoms with van der Waals surface area (Å²) in [6, 6.07) is 4.52. The third-order valence-electron chi connectivity index (χ3n) is 2.99. The summed E-state index contributed by atoms with van der Waals surface area (Å²) in [5, 5.41) is 0. The van der Waals surface area contributed by atoms with E-state index in [0.717, 1.165) is 12.1 Å². The molecule has 0 unspecified atom stereocenters. The lowest BCUT2D eigenvalue weighted by molar-refractivity contribution is 0.830. The third kappa shape index (κ3) is 2.53. The number of benzene rings is 1. The van der Waals surface area contributed by atoms with Crippen molar-refractivity contribution in [3.63, 3.8) is 0 Å². The van der Waals surface area contributed by atoms with E-state index in [0.29, 0.717) is 11.8 Å². The van der Waals surface area contributed by atoms with Gasteiger partial charge in [-0.1, -0.05) is 46.8 Å². The smallest absolute Gasteiger partial charge is 0.0381 e. The molecule has 0 atom stereocenters. The van der Waals surface area contributed by atoms with E-state index in [9.17, 15) is 0 Å². The molecule has 1 aromatic carbocycles. The molecular formula is C14H23N. The molecule has 0 radical (unpaired) electrons. The van der Waals surface area contributed by atoms with Gasteiger partial charge in [-0.15, -0.1) is 0 Å². The summed E-state index contributed by atoms with van der Waals surface area (Å²) in [6.45, 7) is 11.0. The fourth-order valence-corrected chi connectivity index (χ4v) is 1.87. The summed E-state index contributed by atoms with van der Waals surface area (Å²) in [4.78, 5) is 0. The first kappa shape index (κ1) is 12.1. The van der Waals surface area contributed by atoms with Crippen LogP contribution in [-0.4, -0.2) is 0 Å². The summed E-state index contributed by atoms with van der Waals surface area (Å²) in [5.74, 6) is 1.09. The van der Waals surface area contributed by atoms with Crippen molar-refractivity contribution in [2.24, 2.45) is 0 Å². The summed E-state index contributed by atoms with van der Waals surface area (Å²) in [7, 11) is 0. The number of nitrogens with two attached hydrogens (primary N) is 1. The molecule has 1 nitrogen and oxygen atoms in total. The SMILES string of the molecule is CCc1cc(C(C)C)cc(C(C)C)c1N. The van der Waals surface area contributed by atoms with E-state index in [-0.39, 0.29) is 0 Å². The minimum Gasteiger partial charge on any atom is -0.398 e. The second kappa shape index (κ2) is 4.69. The first-order chi connectivity index (χ1) is 6.97. The molecule has 0 fully saturated rings. The van der Waals surface area contributed by atoms with Gasteiger partial charge in [-0.25, -0.2) is 0 Å². The lowest BCUT2D eigenvalue weighted by Gasteiger charge is -2.17. The minimum absolute atomic E-state index is 0.508. The Hall–Kier alpha value is -0.980. The van der Waals surface area contributed by atoms with Crippen LogP contribution in [0.1, 0.15) is 63.1 Å². The van der Waals surface area contributed by atoms with E-state index < -0.39 is 0 Å². The molecule has 0 saturated heterocycles. The molecule has 1 rings (SSSR count). The maximum absolute atomic E-state index is 6.16. The van der Waals surface area contributed by atoms with Crippen molar-refractivity contribution >= 4 is 5.69 Å². The number of aryl methyl sites for hydroxylation is 1. The van der Waals surface area contributed by atoms with E-state index in [4.69, 9.17) is 5.73 Å². The summed E-state index contributed by atoms with van der Waals surface area (Å²) in [5.41, 5.74) is 11.2. The molecule has 0 spiro atoms. The zero-order valence-corrected chi connectivity index (χ0v) is 10.6. The number of hydrogen-bond donors (Lipinski definition) is 1. The number of anilines is 1. The molecule has 1 aromatic rings. The highest BCUT2D eigenvalue weighted by Gasteiger charge is 2.11. The van der Waals surface area contributed by atoms with Gasteiger partial charge in [0.2, 0.25) is 0 Å². The van der Waals surface area contributed by atoms with Gasteiger partial charge in [0.1, 0.15) is 0 Å². The van der Waals surface area contributed by atoms with Crippen LogP contribution < -0.4 is 5.73 Å². The standard InChI is InChI=1S/C14H23N/c1-6-11-7-12(9(2)3)8-13(10(4)5)14(11)15/h7-10H,6,15H2,1-5H3. The van der Waals surface area contributed by atoms with Crippen molar-refractivity contribution in [1.82, 2.24) is 0 Å². The van der Waals surface area contributed by atoms with Crippen molar-refractivity contribution in [2.75, 3.05) is 5.73 Å². The quantitative estimate of drug-likeness (QED) is 0.739. The minimum atomic E-state index is 0.508. The molecule has 0 bridgehead atoms. The predicted octanol–water partition coefficient (Wildman–Crippen LogP) is 4.08. The summed E-state index contributed by atoms with van der Waals surface area (Å²) in [6.07, 6.45) is 1.02. The monoisotopic (exact) mass is 205 g/mol. The molecule has 0 aliphatic rings. The van der Waals surface area contributed by atoms with Crippen LogP contribution in [0.3, 0.4) is 0 Å². The van der Waals surface area contributed by atoms with E-state index in [1.54, 1.807) is 0 Å². The van der Waals surface area contributed by atoms with Crippen LogP contribution in [0, 0.1) is 0 Å². The Morgan fingerprint density at radius 2 is 1.67 bits per heavy atom. The zero-order valence-electron chi connectivity index (χ0n) is 10.6. The summed E-state index contributed by atoms with van der Waals surface area (Å²) < 4.78 is 0. The van der Waals surface area contributed by atoms with Crippen LogP contribution in [-0.2, 0) is 6.42 Å². The van der Waals surface area contributed by atoms with E-state index in [2.05, 4.69) is 46.8 Å². The largest absolute Gasteiger partial charge is 0.398 e.